The Hall–Kier alpha value is -1.97. The minimum absolute atomic E-state index is 0.0183. The summed E-state index contributed by atoms with van der Waals surface area (Å²) < 4.78 is 38.2. The largest absolute Gasteiger partial charge is 0.508 e. The fraction of sp³-hybridized carbons (Fsp3) is 0.0769. The van der Waals surface area contributed by atoms with Gasteiger partial charge in [-0.1, -0.05) is 24.3 Å². The van der Waals surface area contributed by atoms with Gasteiger partial charge in [0.05, 0.1) is 5.56 Å². The van der Waals surface area contributed by atoms with Crippen LogP contribution in [0.2, 0.25) is 0 Å². The van der Waals surface area contributed by atoms with E-state index in [1.54, 1.807) is 0 Å². The van der Waals surface area contributed by atoms with Crippen molar-refractivity contribution >= 4 is 0 Å². The van der Waals surface area contributed by atoms with Gasteiger partial charge in [0.2, 0.25) is 0 Å². The molecule has 0 atom stereocenters. The molecule has 0 fully saturated rings. The van der Waals surface area contributed by atoms with Gasteiger partial charge < -0.3 is 5.11 Å². The number of alkyl halides is 3. The fourth-order valence-electron chi connectivity index (χ4n) is 1.56. The second-order valence-corrected chi connectivity index (χ2v) is 3.52. The first-order valence-electron chi connectivity index (χ1n) is 4.85. The molecule has 0 heterocycles. The predicted molar refractivity (Wildman–Crippen MR) is 57.4 cm³/mol. The van der Waals surface area contributed by atoms with Crippen LogP contribution in [0.3, 0.4) is 0 Å². The molecule has 0 saturated carbocycles. The van der Waals surface area contributed by atoms with E-state index in [4.69, 9.17) is 5.11 Å². The van der Waals surface area contributed by atoms with E-state index in [1.165, 1.54) is 36.4 Å². The molecular weight excluding hydrogens is 229 g/mol. The first kappa shape index (κ1) is 11.5. The fourth-order valence-corrected chi connectivity index (χ4v) is 1.56. The quantitative estimate of drug-likeness (QED) is 0.798. The third kappa shape index (κ3) is 2.41. The highest BCUT2D eigenvalue weighted by Crippen LogP contribution is 2.36. The summed E-state index contributed by atoms with van der Waals surface area (Å²) in [7, 11) is 0. The lowest BCUT2D eigenvalue weighted by Gasteiger charge is -2.12. The van der Waals surface area contributed by atoms with Crippen molar-refractivity contribution in [3.63, 3.8) is 0 Å². The number of halogens is 3. The van der Waals surface area contributed by atoms with E-state index in [-0.39, 0.29) is 11.3 Å². The van der Waals surface area contributed by atoms with Crippen LogP contribution in [0.4, 0.5) is 13.2 Å². The van der Waals surface area contributed by atoms with Crippen molar-refractivity contribution in [2.24, 2.45) is 0 Å². The molecule has 0 amide bonds. The lowest BCUT2D eigenvalue weighted by atomic mass is 9.99. The molecule has 0 unspecified atom stereocenters. The number of phenolic OH excluding ortho intramolecular Hbond substituents is 1. The Morgan fingerprint density at radius 2 is 1.65 bits per heavy atom. The van der Waals surface area contributed by atoms with Crippen LogP contribution in [0.25, 0.3) is 11.1 Å². The summed E-state index contributed by atoms with van der Waals surface area (Å²) in [5.41, 5.74) is -0.244. The zero-order valence-electron chi connectivity index (χ0n) is 8.62. The number of hydrogen-bond acceptors (Lipinski definition) is 1. The van der Waals surface area contributed by atoms with Crippen molar-refractivity contribution < 1.29 is 18.3 Å². The maximum atomic E-state index is 12.7. The number of hydrogen-bond donors (Lipinski definition) is 1. The minimum atomic E-state index is -4.41. The molecule has 1 radical (unpaired) electrons. The molecule has 0 spiro atoms. The van der Waals surface area contributed by atoms with Gasteiger partial charge in [-0.05, 0) is 35.4 Å². The van der Waals surface area contributed by atoms with Crippen LogP contribution in [-0.4, -0.2) is 5.11 Å². The van der Waals surface area contributed by atoms with Gasteiger partial charge in [-0.15, -0.1) is 0 Å². The average molecular weight is 237 g/mol. The second kappa shape index (κ2) is 4.13. The Kier molecular flexibility index (Phi) is 2.79. The smallest absolute Gasteiger partial charge is 0.417 e. The van der Waals surface area contributed by atoms with Crippen molar-refractivity contribution in [3.05, 3.63) is 54.1 Å². The standard InChI is InChI=1S/C13H8F3O/c14-13(15,16)12-4-2-1-3-11(12)9-5-7-10(17)8-6-9/h1,3-8,17H. The first-order valence-corrected chi connectivity index (χ1v) is 4.85. The molecule has 2 rings (SSSR count). The Bertz CT molecular complexity index is 515. The van der Waals surface area contributed by atoms with Gasteiger partial charge in [0.15, 0.2) is 0 Å². The average Bonchev–Trinajstić information content (AvgIpc) is 2.29. The van der Waals surface area contributed by atoms with Crippen LogP contribution in [0.15, 0.2) is 42.5 Å². The van der Waals surface area contributed by atoms with E-state index in [0.717, 1.165) is 6.07 Å². The molecule has 2 aromatic rings. The van der Waals surface area contributed by atoms with E-state index in [2.05, 4.69) is 6.07 Å². The van der Waals surface area contributed by atoms with E-state index in [9.17, 15) is 13.2 Å². The molecular formula is C13H8F3O. The van der Waals surface area contributed by atoms with Crippen LogP contribution < -0.4 is 0 Å². The Balaban J connectivity index is 2.56. The van der Waals surface area contributed by atoms with Gasteiger partial charge in [-0.2, -0.15) is 13.2 Å². The summed E-state index contributed by atoms with van der Waals surface area (Å²) in [6.07, 6.45) is -4.41. The molecule has 0 aromatic heterocycles. The summed E-state index contributed by atoms with van der Waals surface area (Å²) in [6, 6.07) is 11.7. The van der Waals surface area contributed by atoms with Crippen molar-refractivity contribution in [1.82, 2.24) is 0 Å². The summed E-state index contributed by atoms with van der Waals surface area (Å²) in [6.45, 7) is 0. The highest BCUT2D eigenvalue weighted by molar-refractivity contribution is 5.68. The topological polar surface area (TPSA) is 20.2 Å². The first-order chi connectivity index (χ1) is 7.98. The number of rotatable bonds is 1. The van der Waals surface area contributed by atoms with Crippen molar-refractivity contribution in [1.29, 1.82) is 0 Å². The number of aromatic hydroxyl groups is 1. The summed E-state index contributed by atoms with van der Waals surface area (Å²) in [4.78, 5) is 0. The van der Waals surface area contributed by atoms with Gasteiger partial charge in [0, 0.05) is 0 Å². The molecule has 0 aliphatic rings. The third-order valence-electron chi connectivity index (χ3n) is 2.35. The highest BCUT2D eigenvalue weighted by Gasteiger charge is 2.33. The third-order valence-corrected chi connectivity index (χ3v) is 2.35. The zero-order chi connectivity index (χ0) is 12.5. The lowest BCUT2D eigenvalue weighted by molar-refractivity contribution is -0.137. The summed E-state index contributed by atoms with van der Waals surface area (Å²) in [5.74, 6) is 0.0183. The van der Waals surface area contributed by atoms with Crippen LogP contribution in [0.5, 0.6) is 5.75 Å². The molecule has 4 heteroatoms. The lowest BCUT2D eigenvalue weighted by Crippen LogP contribution is -2.06. The van der Waals surface area contributed by atoms with E-state index < -0.39 is 11.7 Å². The SMILES string of the molecule is Oc1ccc(-c2cc[c]cc2C(F)(F)F)cc1. The van der Waals surface area contributed by atoms with Crippen LogP contribution in [0.1, 0.15) is 5.56 Å². The Morgan fingerprint density at radius 1 is 1.00 bits per heavy atom. The molecule has 1 N–H and O–H groups in total. The molecule has 87 valence electrons. The maximum absolute atomic E-state index is 12.7. The van der Waals surface area contributed by atoms with Crippen LogP contribution in [0, 0.1) is 6.07 Å². The van der Waals surface area contributed by atoms with Gasteiger partial charge in [-0.25, -0.2) is 0 Å². The molecule has 1 nitrogen and oxygen atoms in total. The number of benzene rings is 2. The zero-order valence-corrected chi connectivity index (χ0v) is 8.62. The van der Waals surface area contributed by atoms with Crippen molar-refractivity contribution in [3.8, 4) is 16.9 Å². The van der Waals surface area contributed by atoms with Crippen molar-refractivity contribution in [2.45, 2.75) is 6.18 Å². The van der Waals surface area contributed by atoms with Gasteiger partial charge in [0.25, 0.3) is 0 Å². The van der Waals surface area contributed by atoms with Gasteiger partial charge in [-0.3, -0.25) is 0 Å². The molecule has 17 heavy (non-hydrogen) atoms. The number of phenols is 1. The van der Waals surface area contributed by atoms with E-state index in [0.29, 0.717) is 5.56 Å². The Labute approximate surface area is 96.1 Å². The van der Waals surface area contributed by atoms with Gasteiger partial charge >= 0.3 is 6.18 Å². The molecule has 0 bridgehead atoms. The highest BCUT2D eigenvalue weighted by atomic mass is 19.4. The van der Waals surface area contributed by atoms with Crippen LogP contribution in [-0.2, 0) is 6.18 Å². The molecule has 0 saturated heterocycles. The summed E-state index contributed by atoms with van der Waals surface area (Å²) in [5, 5.41) is 9.10. The second-order valence-electron chi connectivity index (χ2n) is 3.52. The maximum Gasteiger partial charge on any atom is 0.417 e. The Morgan fingerprint density at radius 3 is 2.24 bits per heavy atom. The van der Waals surface area contributed by atoms with E-state index in [1.807, 2.05) is 0 Å². The van der Waals surface area contributed by atoms with Crippen LogP contribution >= 0.6 is 0 Å². The minimum Gasteiger partial charge on any atom is -0.508 e. The molecule has 0 aliphatic heterocycles. The van der Waals surface area contributed by atoms with Gasteiger partial charge in [0.1, 0.15) is 5.75 Å². The predicted octanol–water partition coefficient (Wildman–Crippen LogP) is 3.88. The van der Waals surface area contributed by atoms with E-state index >= 15 is 0 Å². The molecule has 2 aromatic carbocycles. The summed E-state index contributed by atoms with van der Waals surface area (Å²) >= 11 is 0. The van der Waals surface area contributed by atoms with Crippen molar-refractivity contribution in [2.75, 3.05) is 0 Å². The molecule has 0 aliphatic carbocycles. The monoisotopic (exact) mass is 237 g/mol. The normalized spacial score (nSPS) is 11.5.